The largest absolute Gasteiger partial charge is 0.345 e. The van der Waals surface area contributed by atoms with Crippen LogP contribution in [0.1, 0.15) is 10.5 Å². The molecular formula is C13H12BrClN2O3S. The highest BCUT2D eigenvalue weighted by molar-refractivity contribution is 9.10. The lowest BCUT2D eigenvalue weighted by molar-refractivity contribution is 0.101. The lowest BCUT2D eigenvalue weighted by atomic mass is 10.3. The first kappa shape index (κ1) is 16.1. The summed E-state index contributed by atoms with van der Waals surface area (Å²) in [5.74, 6) is -0.379. The number of anilines is 1. The van der Waals surface area contributed by atoms with Crippen LogP contribution in [0.25, 0.3) is 0 Å². The summed E-state index contributed by atoms with van der Waals surface area (Å²) in [5.41, 5.74) is 0.671. The van der Waals surface area contributed by atoms with E-state index in [-0.39, 0.29) is 21.5 Å². The van der Waals surface area contributed by atoms with Crippen molar-refractivity contribution in [3.05, 3.63) is 45.7 Å². The van der Waals surface area contributed by atoms with Gasteiger partial charge in [0.25, 0.3) is 5.91 Å². The van der Waals surface area contributed by atoms with Gasteiger partial charge in [0, 0.05) is 24.0 Å². The smallest absolute Gasteiger partial charge is 0.272 e. The summed E-state index contributed by atoms with van der Waals surface area (Å²) in [6.45, 7) is 0. The van der Waals surface area contributed by atoms with Crippen LogP contribution in [0.15, 0.2) is 39.8 Å². The number of aromatic nitrogens is 1. The van der Waals surface area contributed by atoms with Crippen molar-refractivity contribution >= 4 is 49.0 Å². The molecule has 0 spiro atoms. The maximum absolute atomic E-state index is 12.2. The van der Waals surface area contributed by atoms with Crippen LogP contribution in [-0.2, 0) is 16.9 Å². The molecule has 1 amide bonds. The molecule has 0 saturated heterocycles. The number of sulfone groups is 1. The van der Waals surface area contributed by atoms with Gasteiger partial charge in [-0.1, -0.05) is 11.6 Å². The number of aryl methyl sites for hydroxylation is 1. The lowest BCUT2D eigenvalue weighted by Crippen LogP contribution is -2.16. The van der Waals surface area contributed by atoms with Crippen molar-refractivity contribution in [2.24, 2.45) is 7.05 Å². The molecule has 1 heterocycles. The second kappa shape index (κ2) is 5.82. The highest BCUT2D eigenvalue weighted by atomic mass is 79.9. The number of nitrogens with zero attached hydrogens (tertiary/aromatic N) is 1. The second-order valence-electron chi connectivity index (χ2n) is 4.52. The van der Waals surface area contributed by atoms with Crippen molar-refractivity contribution in [2.45, 2.75) is 4.90 Å². The molecule has 0 aliphatic heterocycles. The molecule has 0 unspecified atom stereocenters. The molecule has 1 N–H and O–H groups in total. The van der Waals surface area contributed by atoms with E-state index in [9.17, 15) is 13.2 Å². The number of rotatable bonds is 3. The van der Waals surface area contributed by atoms with Gasteiger partial charge in [-0.05, 0) is 40.2 Å². The van der Waals surface area contributed by atoms with Gasteiger partial charge in [-0.2, -0.15) is 0 Å². The summed E-state index contributed by atoms with van der Waals surface area (Å²) >= 11 is 9.28. The van der Waals surface area contributed by atoms with E-state index in [0.717, 1.165) is 10.7 Å². The Morgan fingerprint density at radius 3 is 2.52 bits per heavy atom. The van der Waals surface area contributed by atoms with E-state index in [4.69, 9.17) is 11.6 Å². The van der Waals surface area contributed by atoms with Crippen LogP contribution in [0.3, 0.4) is 0 Å². The number of hydrogen-bond acceptors (Lipinski definition) is 3. The normalized spacial score (nSPS) is 11.4. The minimum absolute atomic E-state index is 0.0928. The minimum atomic E-state index is -3.37. The van der Waals surface area contributed by atoms with Gasteiger partial charge in [-0.15, -0.1) is 0 Å². The molecule has 0 radical (unpaired) electrons. The van der Waals surface area contributed by atoms with Crippen LogP contribution in [0.2, 0.25) is 5.02 Å². The predicted molar refractivity (Wildman–Crippen MR) is 85.6 cm³/mol. The van der Waals surface area contributed by atoms with Crippen molar-refractivity contribution in [1.29, 1.82) is 0 Å². The Morgan fingerprint density at radius 2 is 2.00 bits per heavy atom. The van der Waals surface area contributed by atoms with E-state index in [1.54, 1.807) is 23.9 Å². The quantitative estimate of drug-likeness (QED) is 0.874. The van der Waals surface area contributed by atoms with E-state index < -0.39 is 9.84 Å². The van der Waals surface area contributed by atoms with Gasteiger partial charge in [0.15, 0.2) is 9.84 Å². The molecule has 8 heteroatoms. The van der Waals surface area contributed by atoms with Gasteiger partial charge in [-0.3, -0.25) is 4.79 Å². The van der Waals surface area contributed by atoms with E-state index in [2.05, 4.69) is 21.2 Å². The molecule has 0 aliphatic carbocycles. The number of carbonyl (C=O) groups is 1. The molecule has 0 aliphatic rings. The Hall–Kier alpha value is -1.31. The first-order valence-electron chi connectivity index (χ1n) is 5.81. The molecule has 2 aromatic rings. The predicted octanol–water partition coefficient (Wildman–Crippen LogP) is 3.10. The van der Waals surface area contributed by atoms with Gasteiger partial charge in [0.2, 0.25) is 0 Å². The van der Waals surface area contributed by atoms with Crippen molar-refractivity contribution < 1.29 is 13.2 Å². The van der Waals surface area contributed by atoms with Crippen LogP contribution in [0.5, 0.6) is 0 Å². The number of carbonyl (C=O) groups excluding carboxylic acids is 1. The highest BCUT2D eigenvalue weighted by Gasteiger charge is 2.15. The summed E-state index contributed by atoms with van der Waals surface area (Å²) in [5, 5.41) is 2.88. The van der Waals surface area contributed by atoms with Gasteiger partial charge in [0.1, 0.15) is 5.69 Å². The topological polar surface area (TPSA) is 68.2 Å². The van der Waals surface area contributed by atoms with E-state index in [0.29, 0.717) is 5.69 Å². The lowest BCUT2D eigenvalue weighted by Gasteiger charge is -2.09. The maximum atomic E-state index is 12.2. The van der Waals surface area contributed by atoms with Crippen molar-refractivity contribution in [2.75, 3.05) is 11.6 Å². The Balaban J connectivity index is 2.35. The van der Waals surface area contributed by atoms with Crippen LogP contribution in [0, 0.1) is 0 Å². The number of halogens is 2. The number of hydrogen-bond donors (Lipinski definition) is 1. The molecule has 0 fully saturated rings. The second-order valence-corrected chi connectivity index (χ2v) is 7.86. The number of amides is 1. The Bertz CT molecular complexity index is 815. The zero-order chi connectivity index (χ0) is 15.8. The third kappa shape index (κ3) is 3.66. The average Bonchev–Trinajstić information content (AvgIpc) is 2.70. The van der Waals surface area contributed by atoms with Crippen molar-refractivity contribution in [1.82, 2.24) is 4.57 Å². The van der Waals surface area contributed by atoms with Gasteiger partial charge >= 0.3 is 0 Å². The fourth-order valence-electron chi connectivity index (χ4n) is 1.77. The maximum Gasteiger partial charge on any atom is 0.272 e. The minimum Gasteiger partial charge on any atom is -0.345 e. The molecule has 0 bridgehead atoms. The van der Waals surface area contributed by atoms with Crippen LogP contribution < -0.4 is 5.32 Å². The van der Waals surface area contributed by atoms with Gasteiger partial charge < -0.3 is 9.88 Å². The molecule has 5 nitrogen and oxygen atoms in total. The Labute approximate surface area is 136 Å². The molecule has 112 valence electrons. The number of benzene rings is 1. The van der Waals surface area contributed by atoms with Gasteiger partial charge in [-0.25, -0.2) is 8.42 Å². The third-order valence-corrected chi connectivity index (χ3v) is 4.69. The molecule has 1 aromatic carbocycles. The molecular weight excluding hydrogens is 380 g/mol. The van der Waals surface area contributed by atoms with Gasteiger partial charge in [0.05, 0.1) is 15.6 Å². The third-order valence-electron chi connectivity index (χ3n) is 2.82. The highest BCUT2D eigenvalue weighted by Crippen LogP contribution is 2.26. The summed E-state index contributed by atoms with van der Waals surface area (Å²) in [6, 6.07) is 5.83. The summed E-state index contributed by atoms with van der Waals surface area (Å²) in [7, 11) is -1.64. The van der Waals surface area contributed by atoms with Crippen molar-refractivity contribution in [3.8, 4) is 0 Å². The van der Waals surface area contributed by atoms with E-state index in [1.807, 2.05) is 0 Å². The fourth-order valence-corrected chi connectivity index (χ4v) is 3.10. The monoisotopic (exact) mass is 390 g/mol. The standard InChI is InChI=1S/C13H12BrClN2O3S/c1-17-7-8(14)5-12(17)13(18)16-11-6-9(21(2,19)20)3-4-10(11)15/h3-7H,1-2H3,(H,16,18). The van der Waals surface area contributed by atoms with E-state index >= 15 is 0 Å². The van der Waals surface area contributed by atoms with Crippen LogP contribution >= 0.6 is 27.5 Å². The molecule has 21 heavy (non-hydrogen) atoms. The summed E-state index contributed by atoms with van der Waals surface area (Å²) < 4.78 is 25.5. The number of nitrogens with one attached hydrogen (secondary N) is 1. The SMILES string of the molecule is Cn1cc(Br)cc1C(=O)Nc1cc(S(C)(=O)=O)ccc1Cl. The Kier molecular flexibility index (Phi) is 4.46. The average molecular weight is 392 g/mol. The zero-order valence-electron chi connectivity index (χ0n) is 11.2. The molecule has 1 aromatic heterocycles. The molecule has 0 atom stereocenters. The molecule has 2 rings (SSSR count). The van der Waals surface area contributed by atoms with Crippen molar-refractivity contribution in [3.63, 3.8) is 0 Å². The van der Waals surface area contributed by atoms with Crippen LogP contribution in [0.4, 0.5) is 5.69 Å². The van der Waals surface area contributed by atoms with E-state index in [1.165, 1.54) is 18.2 Å². The zero-order valence-corrected chi connectivity index (χ0v) is 14.4. The van der Waals surface area contributed by atoms with Crippen LogP contribution in [-0.4, -0.2) is 25.1 Å². The fraction of sp³-hybridized carbons (Fsp3) is 0.154. The first-order valence-corrected chi connectivity index (χ1v) is 8.87. The first-order chi connectivity index (χ1) is 9.68. The molecule has 0 saturated carbocycles. The summed E-state index contributed by atoms with van der Waals surface area (Å²) in [6.07, 6.45) is 2.83. The summed E-state index contributed by atoms with van der Waals surface area (Å²) in [4.78, 5) is 12.3. The Morgan fingerprint density at radius 1 is 1.33 bits per heavy atom.